The molecule has 1 unspecified atom stereocenters. The van der Waals surface area contributed by atoms with Gasteiger partial charge < -0.3 is 5.32 Å². The van der Waals surface area contributed by atoms with Crippen LogP contribution in [-0.4, -0.2) is 6.54 Å². The molecule has 0 aliphatic carbocycles. The van der Waals surface area contributed by atoms with E-state index in [0.717, 1.165) is 5.56 Å². The maximum Gasteiger partial charge on any atom is 0.133 e. The first-order valence-corrected chi connectivity index (χ1v) is 7.26. The summed E-state index contributed by atoms with van der Waals surface area (Å²) in [6.45, 7) is 6.27. The summed E-state index contributed by atoms with van der Waals surface area (Å²) in [5, 5.41) is 3.19. The van der Waals surface area contributed by atoms with Crippen LogP contribution in [0.25, 0.3) is 0 Å². The van der Waals surface area contributed by atoms with Gasteiger partial charge >= 0.3 is 0 Å². The number of hydrogen-bond acceptors (Lipinski definition) is 1. The Labute approximate surface area is 125 Å². The van der Waals surface area contributed by atoms with Crippen LogP contribution in [0.1, 0.15) is 35.2 Å². The molecule has 2 rings (SSSR count). The second-order valence-electron chi connectivity index (χ2n) is 5.39. The van der Waals surface area contributed by atoms with E-state index >= 15 is 0 Å². The molecule has 0 bridgehead atoms. The predicted molar refractivity (Wildman–Crippen MR) is 82.4 cm³/mol. The van der Waals surface area contributed by atoms with E-state index in [9.17, 15) is 8.78 Å². The highest BCUT2D eigenvalue weighted by Crippen LogP contribution is 2.26. The van der Waals surface area contributed by atoms with Crippen LogP contribution in [0.4, 0.5) is 8.78 Å². The molecule has 0 aromatic heterocycles. The lowest BCUT2D eigenvalue weighted by Gasteiger charge is -2.20. The maximum atomic E-state index is 14.3. The van der Waals surface area contributed by atoms with Gasteiger partial charge in [0.15, 0.2) is 0 Å². The fourth-order valence-electron chi connectivity index (χ4n) is 2.48. The van der Waals surface area contributed by atoms with E-state index < -0.39 is 11.6 Å². The molecule has 0 saturated carbocycles. The van der Waals surface area contributed by atoms with Crippen LogP contribution in [-0.2, 0) is 6.42 Å². The summed E-state index contributed by atoms with van der Waals surface area (Å²) in [5.74, 6) is -0.941. The molecule has 0 amide bonds. The van der Waals surface area contributed by atoms with Gasteiger partial charge in [-0.05, 0) is 44.0 Å². The van der Waals surface area contributed by atoms with Gasteiger partial charge in [0, 0.05) is 11.6 Å². The maximum absolute atomic E-state index is 14.3. The third-order valence-electron chi connectivity index (χ3n) is 3.68. The van der Waals surface area contributed by atoms with Crippen LogP contribution in [0, 0.1) is 25.5 Å². The minimum atomic E-state index is -0.490. The molecule has 0 saturated heterocycles. The molecule has 2 aromatic carbocycles. The van der Waals surface area contributed by atoms with Crippen molar-refractivity contribution in [3.63, 3.8) is 0 Å². The first-order chi connectivity index (χ1) is 10.0. The largest absolute Gasteiger partial charge is 0.310 e. The third kappa shape index (κ3) is 3.67. The molecule has 112 valence electrons. The molecule has 0 aliphatic rings. The smallest absolute Gasteiger partial charge is 0.133 e. The summed E-state index contributed by atoms with van der Waals surface area (Å²) in [6, 6.07) is 10.5. The Hall–Kier alpha value is -1.74. The highest BCUT2D eigenvalue weighted by molar-refractivity contribution is 5.31. The second-order valence-corrected chi connectivity index (χ2v) is 5.39. The summed E-state index contributed by atoms with van der Waals surface area (Å²) in [5.41, 5.74) is 2.84. The SMILES string of the molecule is CCNC(Cc1ccc(C)cc1)c1c(F)ccc(C)c1F. The van der Waals surface area contributed by atoms with Crippen molar-refractivity contribution in [3.8, 4) is 0 Å². The zero-order valence-electron chi connectivity index (χ0n) is 12.7. The van der Waals surface area contributed by atoms with E-state index in [0.29, 0.717) is 18.5 Å². The van der Waals surface area contributed by atoms with Gasteiger partial charge in [0.1, 0.15) is 11.6 Å². The zero-order chi connectivity index (χ0) is 15.4. The highest BCUT2D eigenvalue weighted by Gasteiger charge is 2.21. The fourth-order valence-corrected chi connectivity index (χ4v) is 2.48. The normalized spacial score (nSPS) is 12.4. The number of hydrogen-bond donors (Lipinski definition) is 1. The van der Waals surface area contributed by atoms with E-state index in [-0.39, 0.29) is 11.6 Å². The van der Waals surface area contributed by atoms with Crippen LogP contribution in [0.3, 0.4) is 0 Å². The molecule has 0 fully saturated rings. The lowest BCUT2D eigenvalue weighted by atomic mass is 9.96. The topological polar surface area (TPSA) is 12.0 Å². The van der Waals surface area contributed by atoms with Gasteiger partial charge in [-0.1, -0.05) is 42.8 Å². The van der Waals surface area contributed by atoms with Gasteiger partial charge in [-0.25, -0.2) is 8.78 Å². The average molecular weight is 289 g/mol. The minimum Gasteiger partial charge on any atom is -0.310 e. The molecule has 1 nitrogen and oxygen atoms in total. The molecular formula is C18H21F2N. The molecule has 0 aliphatic heterocycles. The first kappa shape index (κ1) is 15.6. The van der Waals surface area contributed by atoms with Crippen molar-refractivity contribution in [2.45, 2.75) is 33.2 Å². The number of benzene rings is 2. The summed E-state index contributed by atoms with van der Waals surface area (Å²) in [4.78, 5) is 0. The standard InChI is InChI=1S/C18H21F2N/c1-4-21-16(11-14-8-5-12(2)6-9-14)17-15(19)10-7-13(3)18(17)20/h5-10,16,21H,4,11H2,1-3H3. The van der Waals surface area contributed by atoms with Crippen molar-refractivity contribution in [1.29, 1.82) is 0 Å². The molecule has 2 aromatic rings. The Kier molecular flexibility index (Phi) is 5.07. The Morgan fingerprint density at radius 2 is 1.67 bits per heavy atom. The monoisotopic (exact) mass is 289 g/mol. The second kappa shape index (κ2) is 6.81. The molecule has 21 heavy (non-hydrogen) atoms. The third-order valence-corrected chi connectivity index (χ3v) is 3.68. The molecule has 0 spiro atoms. The van der Waals surface area contributed by atoms with E-state index in [1.54, 1.807) is 6.92 Å². The van der Waals surface area contributed by atoms with Crippen molar-refractivity contribution < 1.29 is 8.78 Å². The van der Waals surface area contributed by atoms with Gasteiger partial charge in [0.25, 0.3) is 0 Å². The van der Waals surface area contributed by atoms with E-state index in [1.165, 1.54) is 17.7 Å². The number of aryl methyl sites for hydroxylation is 2. The summed E-state index contributed by atoms with van der Waals surface area (Å²) in [7, 11) is 0. The van der Waals surface area contributed by atoms with Gasteiger partial charge in [0.05, 0.1) is 0 Å². The Morgan fingerprint density at radius 1 is 1.00 bits per heavy atom. The molecule has 3 heteroatoms. The Balaban J connectivity index is 2.35. The molecule has 0 heterocycles. The van der Waals surface area contributed by atoms with Crippen LogP contribution in [0.2, 0.25) is 0 Å². The molecular weight excluding hydrogens is 268 g/mol. The van der Waals surface area contributed by atoms with Crippen molar-refractivity contribution in [2.24, 2.45) is 0 Å². The Morgan fingerprint density at radius 3 is 2.29 bits per heavy atom. The van der Waals surface area contributed by atoms with Crippen molar-refractivity contribution in [2.75, 3.05) is 6.54 Å². The fraction of sp³-hybridized carbons (Fsp3) is 0.333. The van der Waals surface area contributed by atoms with Crippen molar-refractivity contribution in [3.05, 3.63) is 70.3 Å². The summed E-state index contributed by atoms with van der Waals surface area (Å²) < 4.78 is 28.4. The predicted octanol–water partition coefficient (Wildman–Crippen LogP) is 4.47. The van der Waals surface area contributed by atoms with Gasteiger partial charge in [0.2, 0.25) is 0 Å². The van der Waals surface area contributed by atoms with E-state index in [1.807, 2.05) is 38.1 Å². The Bertz CT molecular complexity index is 605. The number of halogens is 2. The average Bonchev–Trinajstić information content (AvgIpc) is 2.46. The molecule has 1 N–H and O–H groups in total. The van der Waals surface area contributed by atoms with Crippen LogP contribution in [0.15, 0.2) is 36.4 Å². The quantitative estimate of drug-likeness (QED) is 0.856. The number of rotatable bonds is 5. The van der Waals surface area contributed by atoms with Crippen LogP contribution >= 0.6 is 0 Å². The molecule has 1 atom stereocenters. The number of nitrogens with one attached hydrogen (secondary N) is 1. The van der Waals surface area contributed by atoms with E-state index in [2.05, 4.69) is 5.32 Å². The van der Waals surface area contributed by atoms with Crippen molar-refractivity contribution >= 4 is 0 Å². The highest BCUT2D eigenvalue weighted by atomic mass is 19.1. The van der Waals surface area contributed by atoms with Gasteiger partial charge in [-0.3, -0.25) is 0 Å². The summed E-state index contributed by atoms with van der Waals surface area (Å²) >= 11 is 0. The summed E-state index contributed by atoms with van der Waals surface area (Å²) in [6.07, 6.45) is 0.561. The molecule has 0 radical (unpaired) electrons. The minimum absolute atomic E-state index is 0.137. The lowest BCUT2D eigenvalue weighted by molar-refractivity contribution is 0.470. The number of likely N-dealkylation sites (N-methyl/N-ethyl adjacent to an activating group) is 1. The van der Waals surface area contributed by atoms with Crippen LogP contribution < -0.4 is 5.32 Å². The van der Waals surface area contributed by atoms with Gasteiger partial charge in [-0.15, -0.1) is 0 Å². The first-order valence-electron chi connectivity index (χ1n) is 7.26. The zero-order valence-corrected chi connectivity index (χ0v) is 12.7. The van der Waals surface area contributed by atoms with E-state index in [4.69, 9.17) is 0 Å². The van der Waals surface area contributed by atoms with Crippen molar-refractivity contribution in [1.82, 2.24) is 5.32 Å². The van der Waals surface area contributed by atoms with Gasteiger partial charge in [-0.2, -0.15) is 0 Å². The lowest BCUT2D eigenvalue weighted by Crippen LogP contribution is -2.25. The van der Waals surface area contributed by atoms with Crippen LogP contribution in [0.5, 0.6) is 0 Å².